The zero-order chi connectivity index (χ0) is 20.1. The van der Waals surface area contributed by atoms with Crippen LogP contribution in [0.3, 0.4) is 0 Å². The number of likely N-dealkylation sites (tertiary alicyclic amines) is 1. The van der Waals surface area contributed by atoms with Crippen LogP contribution in [0.1, 0.15) is 66.8 Å². The fourth-order valence-electron chi connectivity index (χ4n) is 3.66. The first-order valence-electron chi connectivity index (χ1n) is 9.91. The number of rotatable bonds is 7. The van der Waals surface area contributed by atoms with Crippen molar-refractivity contribution >= 4 is 21.8 Å². The van der Waals surface area contributed by atoms with Gasteiger partial charge in [-0.25, -0.2) is 0 Å². The second kappa shape index (κ2) is 9.56. The van der Waals surface area contributed by atoms with Crippen LogP contribution in [-0.4, -0.2) is 47.7 Å². The Morgan fingerprint density at radius 1 is 1.25 bits per heavy atom. The number of methoxy groups -OCH3 is 1. The molecule has 6 nitrogen and oxygen atoms in total. The molecule has 2 heterocycles. The first kappa shape index (κ1) is 20.9. The molecule has 28 heavy (non-hydrogen) atoms. The van der Waals surface area contributed by atoms with Crippen molar-refractivity contribution in [1.29, 1.82) is 0 Å². The predicted molar refractivity (Wildman–Crippen MR) is 114 cm³/mol. The monoisotopic (exact) mass is 448 g/mol. The quantitative estimate of drug-likeness (QED) is 0.663. The fourth-order valence-corrected chi connectivity index (χ4v) is 4.48. The summed E-state index contributed by atoms with van der Waals surface area (Å²) in [5, 5.41) is 10.3. The Kier molecular flexibility index (Phi) is 7.13. The number of amides is 1. The molecule has 0 saturated carbocycles. The Morgan fingerprint density at radius 2 is 1.93 bits per heavy atom. The number of aromatic nitrogens is 2. The molecule has 0 bridgehead atoms. The summed E-state index contributed by atoms with van der Waals surface area (Å²) in [7, 11) is 1.67. The molecule has 1 amide bonds. The molecule has 1 atom stereocenters. The molecule has 1 aliphatic rings. The zero-order valence-electron chi connectivity index (χ0n) is 16.8. The number of ether oxygens (including phenoxy) is 1. The van der Waals surface area contributed by atoms with Gasteiger partial charge in [0.2, 0.25) is 0 Å². The van der Waals surface area contributed by atoms with Gasteiger partial charge in [0.15, 0.2) is 5.69 Å². The molecule has 0 spiro atoms. The van der Waals surface area contributed by atoms with Crippen LogP contribution in [0.2, 0.25) is 0 Å². The van der Waals surface area contributed by atoms with Crippen LogP contribution in [0.4, 0.5) is 0 Å². The number of H-pyrrole nitrogens is 1. The van der Waals surface area contributed by atoms with Crippen molar-refractivity contribution in [2.75, 3.05) is 26.7 Å². The Labute approximate surface area is 175 Å². The van der Waals surface area contributed by atoms with E-state index in [1.54, 1.807) is 7.11 Å². The van der Waals surface area contributed by atoms with Crippen molar-refractivity contribution in [3.8, 4) is 5.75 Å². The summed E-state index contributed by atoms with van der Waals surface area (Å²) in [4.78, 5) is 15.2. The van der Waals surface area contributed by atoms with Gasteiger partial charge in [-0.1, -0.05) is 32.4 Å². The molecule has 1 unspecified atom stereocenters. The summed E-state index contributed by atoms with van der Waals surface area (Å²) in [6, 6.07) is 8.27. The SMILES string of the molecule is COc1ccc(C(CNC(=O)c2n[nH]c(C(C)C)c2Br)N2CCCCC2)cc1. The predicted octanol–water partition coefficient (Wildman–Crippen LogP) is 4.26. The highest BCUT2D eigenvalue weighted by molar-refractivity contribution is 9.10. The van der Waals surface area contributed by atoms with Gasteiger partial charge in [0.1, 0.15) is 5.75 Å². The number of hydrogen-bond acceptors (Lipinski definition) is 4. The normalized spacial score (nSPS) is 16.2. The second-order valence-electron chi connectivity index (χ2n) is 7.55. The van der Waals surface area contributed by atoms with Crippen molar-refractivity contribution in [3.05, 3.63) is 45.7 Å². The molecule has 1 aliphatic heterocycles. The molecular weight excluding hydrogens is 420 g/mol. The first-order valence-corrected chi connectivity index (χ1v) is 10.7. The van der Waals surface area contributed by atoms with Crippen molar-refractivity contribution in [2.24, 2.45) is 0 Å². The molecule has 0 radical (unpaired) electrons. The summed E-state index contributed by atoms with van der Waals surface area (Å²) >= 11 is 3.52. The molecule has 2 N–H and O–H groups in total. The van der Waals surface area contributed by atoms with E-state index < -0.39 is 0 Å². The average molecular weight is 449 g/mol. The van der Waals surface area contributed by atoms with Gasteiger partial charge in [0.05, 0.1) is 23.3 Å². The Bertz CT molecular complexity index is 782. The maximum atomic E-state index is 12.8. The van der Waals surface area contributed by atoms with Crippen LogP contribution in [0, 0.1) is 0 Å². The molecule has 2 aromatic rings. The van der Waals surface area contributed by atoms with Gasteiger partial charge in [0, 0.05) is 6.54 Å². The lowest BCUT2D eigenvalue weighted by Crippen LogP contribution is -2.40. The maximum Gasteiger partial charge on any atom is 0.273 e. The van der Waals surface area contributed by atoms with Crippen molar-refractivity contribution < 1.29 is 9.53 Å². The Balaban J connectivity index is 1.74. The van der Waals surface area contributed by atoms with Gasteiger partial charge in [-0.05, 0) is 65.5 Å². The van der Waals surface area contributed by atoms with Gasteiger partial charge in [-0.2, -0.15) is 5.10 Å². The van der Waals surface area contributed by atoms with Crippen LogP contribution in [0.15, 0.2) is 28.7 Å². The molecule has 0 aliphatic carbocycles. The van der Waals surface area contributed by atoms with Crippen LogP contribution in [-0.2, 0) is 0 Å². The number of benzene rings is 1. The van der Waals surface area contributed by atoms with Gasteiger partial charge in [-0.3, -0.25) is 14.8 Å². The minimum Gasteiger partial charge on any atom is -0.497 e. The van der Waals surface area contributed by atoms with Gasteiger partial charge >= 0.3 is 0 Å². The van der Waals surface area contributed by atoms with E-state index in [4.69, 9.17) is 4.74 Å². The van der Waals surface area contributed by atoms with Crippen LogP contribution in [0.25, 0.3) is 0 Å². The smallest absolute Gasteiger partial charge is 0.273 e. The fraction of sp³-hybridized carbons (Fsp3) is 0.524. The molecular formula is C21H29BrN4O2. The van der Waals surface area contributed by atoms with Gasteiger partial charge in [0.25, 0.3) is 5.91 Å². The van der Waals surface area contributed by atoms with E-state index in [0.717, 1.165) is 29.0 Å². The third-order valence-corrected chi connectivity index (χ3v) is 6.12. The lowest BCUT2D eigenvalue weighted by Gasteiger charge is -2.35. The van der Waals surface area contributed by atoms with Crippen LogP contribution >= 0.6 is 15.9 Å². The number of piperidine rings is 1. The van der Waals surface area contributed by atoms with Crippen LogP contribution in [0.5, 0.6) is 5.75 Å². The standard InChI is InChI=1S/C21H29BrN4O2/c1-14(2)19-18(22)20(25-24-19)21(27)23-13-17(26-11-5-4-6-12-26)15-7-9-16(28-3)10-8-15/h7-10,14,17H,4-6,11-13H2,1-3H3,(H,23,27)(H,24,25). The van der Waals surface area contributed by atoms with Crippen LogP contribution < -0.4 is 10.1 Å². The number of hydrogen-bond donors (Lipinski definition) is 2. The third kappa shape index (κ3) is 4.75. The lowest BCUT2D eigenvalue weighted by molar-refractivity contribution is 0.0918. The Hall–Kier alpha value is -1.86. The molecule has 152 valence electrons. The molecule has 1 fully saturated rings. The van der Waals surface area contributed by atoms with E-state index >= 15 is 0 Å². The van der Waals surface area contributed by atoms with E-state index in [9.17, 15) is 4.79 Å². The molecule has 3 rings (SSSR count). The molecule has 7 heteroatoms. The number of carbonyl (C=O) groups excluding carboxylic acids is 1. The molecule has 1 aromatic carbocycles. The summed E-state index contributed by atoms with van der Waals surface area (Å²) in [6.07, 6.45) is 3.67. The maximum absolute atomic E-state index is 12.8. The lowest BCUT2D eigenvalue weighted by atomic mass is 10.0. The molecule has 1 saturated heterocycles. The topological polar surface area (TPSA) is 70.2 Å². The average Bonchev–Trinajstić information content (AvgIpc) is 3.11. The first-order chi connectivity index (χ1) is 13.5. The zero-order valence-corrected chi connectivity index (χ0v) is 18.4. The molecule has 1 aromatic heterocycles. The van der Waals surface area contributed by atoms with Gasteiger partial charge < -0.3 is 10.1 Å². The highest BCUT2D eigenvalue weighted by Gasteiger charge is 2.25. The number of halogens is 1. The Morgan fingerprint density at radius 3 is 2.50 bits per heavy atom. The minimum absolute atomic E-state index is 0.137. The summed E-state index contributed by atoms with van der Waals surface area (Å²) in [5.74, 6) is 0.946. The highest BCUT2D eigenvalue weighted by atomic mass is 79.9. The summed E-state index contributed by atoms with van der Waals surface area (Å²) in [5.41, 5.74) is 2.54. The second-order valence-corrected chi connectivity index (χ2v) is 8.34. The van der Waals surface area contributed by atoms with E-state index in [0.29, 0.717) is 12.2 Å². The van der Waals surface area contributed by atoms with Crippen molar-refractivity contribution in [2.45, 2.75) is 45.1 Å². The number of nitrogens with one attached hydrogen (secondary N) is 2. The van der Waals surface area contributed by atoms with Crippen molar-refractivity contribution in [1.82, 2.24) is 20.4 Å². The summed E-state index contributed by atoms with van der Waals surface area (Å²) < 4.78 is 6.03. The van der Waals surface area contributed by atoms with E-state index in [2.05, 4.69) is 62.3 Å². The van der Waals surface area contributed by atoms with Crippen molar-refractivity contribution in [3.63, 3.8) is 0 Å². The third-order valence-electron chi connectivity index (χ3n) is 5.31. The highest BCUT2D eigenvalue weighted by Crippen LogP contribution is 2.27. The number of aromatic amines is 1. The van der Waals surface area contributed by atoms with E-state index in [1.165, 1.54) is 24.8 Å². The van der Waals surface area contributed by atoms with E-state index in [1.807, 2.05) is 12.1 Å². The van der Waals surface area contributed by atoms with E-state index in [-0.39, 0.29) is 17.9 Å². The largest absolute Gasteiger partial charge is 0.497 e. The number of carbonyl (C=O) groups is 1. The van der Waals surface area contributed by atoms with Gasteiger partial charge in [-0.15, -0.1) is 0 Å². The summed E-state index contributed by atoms with van der Waals surface area (Å²) in [6.45, 7) is 6.78. The number of nitrogens with zero attached hydrogens (tertiary/aromatic N) is 2. The minimum atomic E-state index is -0.162.